The molecule has 1 aromatic carbocycles. The van der Waals surface area contributed by atoms with Gasteiger partial charge in [-0.1, -0.05) is 6.07 Å². The maximum absolute atomic E-state index is 12.0. The number of rotatable bonds is 4. The van der Waals surface area contributed by atoms with Gasteiger partial charge in [0.15, 0.2) is 5.75 Å². The highest BCUT2D eigenvalue weighted by atomic mass is 19.1. The minimum atomic E-state index is -1.37. The molecule has 0 spiro atoms. The lowest BCUT2D eigenvalue weighted by atomic mass is 10.1. The van der Waals surface area contributed by atoms with Crippen LogP contribution in [-0.4, -0.2) is 29.0 Å². The molecule has 5 nitrogen and oxygen atoms in total. The lowest BCUT2D eigenvalue weighted by molar-refractivity contribution is 0.0683. The summed E-state index contributed by atoms with van der Waals surface area (Å²) in [6, 6.07) is 3.53. The lowest BCUT2D eigenvalue weighted by Gasteiger charge is -2.08. The molecule has 0 aromatic heterocycles. The molecule has 0 atom stereocenters. The van der Waals surface area contributed by atoms with Crippen LogP contribution in [0.3, 0.4) is 0 Å². The number of carboxylic acids is 2. The van der Waals surface area contributed by atoms with Gasteiger partial charge >= 0.3 is 11.9 Å². The molecule has 6 heteroatoms. The molecule has 0 radical (unpaired) electrons. The summed E-state index contributed by atoms with van der Waals surface area (Å²) >= 11 is 0. The van der Waals surface area contributed by atoms with Crippen molar-refractivity contribution in [3.05, 3.63) is 29.3 Å². The van der Waals surface area contributed by atoms with E-state index in [0.717, 1.165) is 12.1 Å². The van der Waals surface area contributed by atoms with Gasteiger partial charge in [-0.2, -0.15) is 0 Å². The molecule has 80 valence electrons. The van der Waals surface area contributed by atoms with Gasteiger partial charge in [-0.05, 0) is 12.1 Å². The summed E-state index contributed by atoms with van der Waals surface area (Å²) in [4.78, 5) is 21.4. The van der Waals surface area contributed by atoms with Crippen molar-refractivity contribution in [1.29, 1.82) is 0 Å². The topological polar surface area (TPSA) is 83.8 Å². The van der Waals surface area contributed by atoms with E-state index < -0.39 is 24.5 Å². The van der Waals surface area contributed by atoms with E-state index in [2.05, 4.69) is 4.74 Å². The quantitative estimate of drug-likeness (QED) is 0.791. The molecule has 0 saturated heterocycles. The van der Waals surface area contributed by atoms with E-state index in [1.165, 1.54) is 6.07 Å². The Hall–Kier alpha value is -2.11. The van der Waals surface area contributed by atoms with E-state index in [-0.39, 0.29) is 11.1 Å². The predicted octanol–water partition coefficient (Wildman–Crippen LogP) is 1.39. The molecular weight excluding hydrogens is 207 g/mol. The Kier molecular flexibility index (Phi) is 3.22. The Balaban J connectivity index is 3.34. The van der Waals surface area contributed by atoms with E-state index in [9.17, 15) is 14.0 Å². The van der Waals surface area contributed by atoms with Crippen LogP contribution in [0.1, 0.15) is 20.7 Å². The van der Waals surface area contributed by atoms with Crippen LogP contribution in [0.15, 0.2) is 18.2 Å². The zero-order chi connectivity index (χ0) is 11.4. The molecule has 0 heterocycles. The van der Waals surface area contributed by atoms with Gasteiger partial charge in [0.05, 0.1) is 0 Å². The molecule has 0 unspecified atom stereocenters. The first-order valence-corrected chi connectivity index (χ1v) is 3.86. The average Bonchev–Trinajstić information content (AvgIpc) is 2.17. The number of carbonyl (C=O) groups is 2. The van der Waals surface area contributed by atoms with Crippen molar-refractivity contribution in [3.63, 3.8) is 0 Å². The minimum absolute atomic E-state index is 0.382. The number of aromatic carboxylic acids is 2. The zero-order valence-electron chi connectivity index (χ0n) is 7.44. The SMILES string of the molecule is O=C(O)c1cccc(C(=O)O)c1OCF. The van der Waals surface area contributed by atoms with E-state index in [1.807, 2.05) is 0 Å². The van der Waals surface area contributed by atoms with Gasteiger partial charge in [-0.3, -0.25) is 0 Å². The molecule has 0 amide bonds. The van der Waals surface area contributed by atoms with Gasteiger partial charge in [-0.15, -0.1) is 0 Å². The predicted molar refractivity (Wildman–Crippen MR) is 47.0 cm³/mol. The first-order chi connectivity index (χ1) is 7.07. The molecule has 0 aliphatic carbocycles. The molecule has 0 bridgehead atoms. The van der Waals surface area contributed by atoms with Crippen molar-refractivity contribution in [2.75, 3.05) is 6.86 Å². The van der Waals surface area contributed by atoms with Crippen LogP contribution in [0.5, 0.6) is 5.75 Å². The Bertz CT molecular complexity index is 369. The largest absolute Gasteiger partial charge is 0.478 e. The standard InChI is InChI=1S/C9H7FO5/c10-4-15-7-5(8(11)12)2-1-3-6(7)9(13)14/h1-3H,4H2,(H,11,12)(H,13,14). The molecular formula is C9H7FO5. The van der Waals surface area contributed by atoms with Crippen molar-refractivity contribution in [2.24, 2.45) is 0 Å². The number of hydrogen-bond acceptors (Lipinski definition) is 3. The Morgan fingerprint density at radius 3 is 2.00 bits per heavy atom. The number of carboxylic acid groups (broad SMARTS) is 2. The maximum Gasteiger partial charge on any atom is 0.339 e. The summed E-state index contributed by atoms with van der Waals surface area (Å²) in [5.74, 6) is -3.22. The summed E-state index contributed by atoms with van der Waals surface area (Å²) in [6.45, 7) is -1.29. The van der Waals surface area contributed by atoms with Gasteiger partial charge in [0, 0.05) is 0 Å². The van der Waals surface area contributed by atoms with E-state index in [4.69, 9.17) is 10.2 Å². The fourth-order valence-electron chi connectivity index (χ4n) is 1.08. The maximum atomic E-state index is 12.0. The third-order valence-corrected chi connectivity index (χ3v) is 1.67. The molecule has 0 fully saturated rings. The minimum Gasteiger partial charge on any atom is -0.478 e. The summed E-state index contributed by atoms with van der Waals surface area (Å²) in [7, 11) is 0. The third-order valence-electron chi connectivity index (χ3n) is 1.67. The van der Waals surface area contributed by atoms with Crippen LogP contribution in [-0.2, 0) is 0 Å². The monoisotopic (exact) mass is 214 g/mol. The second kappa shape index (κ2) is 4.41. The van der Waals surface area contributed by atoms with Gasteiger partial charge in [0.2, 0.25) is 6.86 Å². The van der Waals surface area contributed by atoms with Crippen LogP contribution in [0.4, 0.5) is 4.39 Å². The van der Waals surface area contributed by atoms with Crippen LogP contribution in [0, 0.1) is 0 Å². The van der Waals surface area contributed by atoms with Crippen molar-refractivity contribution in [3.8, 4) is 5.75 Å². The third kappa shape index (κ3) is 2.22. The molecule has 0 saturated carbocycles. The highest BCUT2D eigenvalue weighted by Gasteiger charge is 2.19. The summed E-state index contributed by atoms with van der Waals surface area (Å²) in [5, 5.41) is 17.4. The smallest absolute Gasteiger partial charge is 0.339 e. The number of hydrogen-bond donors (Lipinski definition) is 2. The van der Waals surface area contributed by atoms with E-state index >= 15 is 0 Å². The number of halogens is 1. The van der Waals surface area contributed by atoms with Crippen LogP contribution >= 0.6 is 0 Å². The normalized spacial score (nSPS) is 9.67. The second-order valence-corrected chi connectivity index (χ2v) is 2.55. The molecule has 1 aromatic rings. The van der Waals surface area contributed by atoms with Crippen molar-refractivity contribution in [2.45, 2.75) is 0 Å². The summed E-state index contributed by atoms with van der Waals surface area (Å²) < 4.78 is 16.3. The van der Waals surface area contributed by atoms with Crippen molar-refractivity contribution in [1.82, 2.24) is 0 Å². The fourth-order valence-corrected chi connectivity index (χ4v) is 1.08. The lowest BCUT2D eigenvalue weighted by Crippen LogP contribution is -2.08. The molecule has 2 N–H and O–H groups in total. The summed E-state index contributed by atoms with van der Waals surface area (Å²) in [6.07, 6.45) is 0. The number of benzene rings is 1. The first kappa shape index (κ1) is 11.0. The Morgan fingerprint density at radius 1 is 1.20 bits per heavy atom. The highest BCUT2D eigenvalue weighted by molar-refractivity contribution is 5.98. The number of alkyl halides is 1. The Labute approximate surface area is 83.7 Å². The van der Waals surface area contributed by atoms with Gasteiger partial charge < -0.3 is 14.9 Å². The zero-order valence-corrected chi connectivity index (χ0v) is 7.44. The Morgan fingerprint density at radius 2 is 1.67 bits per heavy atom. The first-order valence-electron chi connectivity index (χ1n) is 3.86. The number of para-hydroxylation sites is 1. The van der Waals surface area contributed by atoms with Gasteiger partial charge in [0.25, 0.3) is 0 Å². The van der Waals surface area contributed by atoms with Crippen molar-refractivity contribution >= 4 is 11.9 Å². The second-order valence-electron chi connectivity index (χ2n) is 2.55. The molecule has 15 heavy (non-hydrogen) atoms. The number of ether oxygens (including phenoxy) is 1. The summed E-state index contributed by atoms with van der Waals surface area (Å²) in [5.41, 5.74) is -0.764. The highest BCUT2D eigenvalue weighted by Crippen LogP contribution is 2.24. The molecule has 0 aliphatic rings. The van der Waals surface area contributed by atoms with Crippen LogP contribution in [0.2, 0.25) is 0 Å². The molecule has 0 aliphatic heterocycles. The van der Waals surface area contributed by atoms with Crippen molar-refractivity contribution < 1.29 is 28.9 Å². The fraction of sp³-hybridized carbons (Fsp3) is 0.111. The van der Waals surface area contributed by atoms with E-state index in [1.54, 1.807) is 0 Å². The van der Waals surface area contributed by atoms with E-state index in [0.29, 0.717) is 0 Å². The molecule has 1 rings (SSSR count). The average molecular weight is 214 g/mol. The van der Waals surface area contributed by atoms with Gasteiger partial charge in [0.1, 0.15) is 11.1 Å². The van der Waals surface area contributed by atoms with Crippen LogP contribution in [0.25, 0.3) is 0 Å². The van der Waals surface area contributed by atoms with Gasteiger partial charge in [-0.25, -0.2) is 14.0 Å². The van der Waals surface area contributed by atoms with Crippen LogP contribution < -0.4 is 4.74 Å².